The number of carbonyl (C=O) groups excluding carboxylic acids is 2. The maximum absolute atomic E-state index is 12.6. The summed E-state index contributed by atoms with van der Waals surface area (Å²) >= 11 is 0. The molecule has 3 rings (SSSR count). The molecule has 150 valence electrons. The van der Waals surface area contributed by atoms with Crippen LogP contribution in [0.1, 0.15) is 41.1 Å². The highest BCUT2D eigenvalue weighted by Crippen LogP contribution is 2.16. The molecule has 1 aliphatic rings. The smallest absolute Gasteiger partial charge is 0.254 e. The standard InChI is InChI=1S/C21H23N5O3/c1-13-17(20(28)24-14(2)23-13)7-8-19(27)25-18-9-10-26(21(18)29)12-16-5-3-15(11-22)4-6-16/h3-6,18H,7-10,12H2,1-2H3,(H,25,27)(H,23,24,28). The SMILES string of the molecule is Cc1nc(C)c(CCC(=O)NC2CCN(Cc3ccc(C#N)cc3)C2=O)c(=O)[nH]1. The summed E-state index contributed by atoms with van der Waals surface area (Å²) in [5.41, 5.74) is 2.39. The zero-order valence-electron chi connectivity index (χ0n) is 16.5. The second kappa shape index (κ2) is 8.69. The number of nitriles is 1. The number of rotatable bonds is 6. The number of likely N-dealkylation sites (tertiary alicyclic amines) is 1. The van der Waals surface area contributed by atoms with Gasteiger partial charge in [-0.1, -0.05) is 12.1 Å². The Morgan fingerprint density at radius 2 is 2.03 bits per heavy atom. The maximum atomic E-state index is 12.6. The predicted molar refractivity (Wildman–Crippen MR) is 106 cm³/mol. The third kappa shape index (κ3) is 4.88. The van der Waals surface area contributed by atoms with E-state index >= 15 is 0 Å². The molecule has 2 N–H and O–H groups in total. The van der Waals surface area contributed by atoms with Gasteiger partial charge in [0.2, 0.25) is 11.8 Å². The molecule has 1 unspecified atom stereocenters. The third-order valence-electron chi connectivity index (χ3n) is 5.03. The van der Waals surface area contributed by atoms with E-state index in [4.69, 9.17) is 5.26 Å². The van der Waals surface area contributed by atoms with Crippen molar-refractivity contribution in [3.63, 3.8) is 0 Å². The van der Waals surface area contributed by atoms with Gasteiger partial charge in [0.05, 0.1) is 11.6 Å². The number of amides is 2. The van der Waals surface area contributed by atoms with Crippen molar-refractivity contribution in [2.75, 3.05) is 6.54 Å². The largest absolute Gasteiger partial charge is 0.344 e. The summed E-state index contributed by atoms with van der Waals surface area (Å²) in [7, 11) is 0. The van der Waals surface area contributed by atoms with Gasteiger partial charge in [-0.25, -0.2) is 4.98 Å². The number of H-pyrrole nitrogens is 1. The van der Waals surface area contributed by atoms with Crippen molar-refractivity contribution in [3.05, 3.63) is 62.8 Å². The molecule has 1 atom stereocenters. The molecule has 29 heavy (non-hydrogen) atoms. The van der Waals surface area contributed by atoms with Crippen LogP contribution >= 0.6 is 0 Å². The Labute approximate surface area is 168 Å². The summed E-state index contributed by atoms with van der Waals surface area (Å²) in [5, 5.41) is 11.6. The van der Waals surface area contributed by atoms with Crippen molar-refractivity contribution in [1.29, 1.82) is 5.26 Å². The van der Waals surface area contributed by atoms with Crippen LogP contribution in [0.5, 0.6) is 0 Å². The summed E-state index contributed by atoms with van der Waals surface area (Å²) in [5.74, 6) is 0.163. The molecular weight excluding hydrogens is 370 g/mol. The zero-order valence-corrected chi connectivity index (χ0v) is 16.5. The van der Waals surface area contributed by atoms with Gasteiger partial charge in [-0.2, -0.15) is 5.26 Å². The third-order valence-corrected chi connectivity index (χ3v) is 5.03. The number of aryl methyl sites for hydroxylation is 2. The quantitative estimate of drug-likeness (QED) is 0.762. The van der Waals surface area contributed by atoms with Crippen molar-refractivity contribution in [1.82, 2.24) is 20.2 Å². The summed E-state index contributed by atoms with van der Waals surface area (Å²) in [6, 6.07) is 8.62. The molecule has 2 aromatic rings. The molecule has 0 radical (unpaired) electrons. The fraction of sp³-hybridized carbons (Fsp3) is 0.381. The lowest BCUT2D eigenvalue weighted by atomic mass is 10.1. The van der Waals surface area contributed by atoms with Gasteiger partial charge in [-0.05, 0) is 44.4 Å². The Kier molecular flexibility index (Phi) is 6.07. The predicted octanol–water partition coefficient (Wildman–Crippen LogP) is 1.11. The first-order valence-electron chi connectivity index (χ1n) is 9.51. The number of aromatic amines is 1. The van der Waals surface area contributed by atoms with Gasteiger partial charge >= 0.3 is 0 Å². The highest BCUT2D eigenvalue weighted by Gasteiger charge is 2.32. The minimum absolute atomic E-state index is 0.117. The summed E-state index contributed by atoms with van der Waals surface area (Å²) < 4.78 is 0. The van der Waals surface area contributed by atoms with Gasteiger partial charge in [0.15, 0.2) is 0 Å². The number of nitrogens with zero attached hydrogens (tertiary/aromatic N) is 3. The van der Waals surface area contributed by atoms with Gasteiger partial charge in [-0.3, -0.25) is 14.4 Å². The average Bonchev–Trinajstić information content (AvgIpc) is 3.01. The van der Waals surface area contributed by atoms with E-state index in [1.165, 1.54) is 0 Å². The van der Waals surface area contributed by atoms with E-state index < -0.39 is 6.04 Å². The van der Waals surface area contributed by atoms with E-state index in [0.29, 0.717) is 42.2 Å². The molecule has 1 aromatic heterocycles. The van der Waals surface area contributed by atoms with E-state index in [9.17, 15) is 14.4 Å². The molecule has 0 bridgehead atoms. The minimum atomic E-state index is -0.545. The van der Waals surface area contributed by atoms with Crippen LogP contribution in [0.2, 0.25) is 0 Å². The van der Waals surface area contributed by atoms with Crippen LogP contribution in [0.4, 0.5) is 0 Å². The van der Waals surface area contributed by atoms with Crippen LogP contribution in [0.15, 0.2) is 29.1 Å². The first-order valence-corrected chi connectivity index (χ1v) is 9.51. The fourth-order valence-corrected chi connectivity index (χ4v) is 3.49. The molecule has 8 nitrogen and oxygen atoms in total. The number of hydrogen-bond donors (Lipinski definition) is 2. The van der Waals surface area contributed by atoms with Crippen LogP contribution in [-0.2, 0) is 22.6 Å². The lowest BCUT2D eigenvalue weighted by molar-refractivity contribution is -0.133. The highest BCUT2D eigenvalue weighted by atomic mass is 16.2. The second-order valence-electron chi connectivity index (χ2n) is 7.19. The van der Waals surface area contributed by atoms with Gasteiger partial charge in [0, 0.05) is 30.8 Å². The molecule has 2 heterocycles. The van der Waals surface area contributed by atoms with E-state index in [1.54, 1.807) is 30.9 Å². The molecule has 0 aliphatic carbocycles. The van der Waals surface area contributed by atoms with Gasteiger partial charge in [-0.15, -0.1) is 0 Å². The van der Waals surface area contributed by atoms with Crippen molar-refractivity contribution < 1.29 is 9.59 Å². The zero-order chi connectivity index (χ0) is 21.0. The van der Waals surface area contributed by atoms with Gasteiger partial charge < -0.3 is 15.2 Å². The number of nitrogens with one attached hydrogen (secondary N) is 2. The number of carbonyl (C=O) groups is 2. The lowest BCUT2D eigenvalue weighted by Gasteiger charge is -2.17. The average molecular weight is 393 g/mol. The maximum Gasteiger partial charge on any atom is 0.254 e. The summed E-state index contributed by atoms with van der Waals surface area (Å²) in [4.78, 5) is 45.5. The summed E-state index contributed by atoms with van der Waals surface area (Å²) in [6.07, 6.45) is 0.941. The Bertz CT molecular complexity index is 1020. The van der Waals surface area contributed by atoms with E-state index in [1.807, 2.05) is 12.1 Å². The summed E-state index contributed by atoms with van der Waals surface area (Å²) in [6.45, 7) is 4.46. The Morgan fingerprint density at radius 3 is 2.69 bits per heavy atom. The molecule has 1 saturated heterocycles. The van der Waals surface area contributed by atoms with Crippen molar-refractivity contribution in [2.24, 2.45) is 0 Å². The van der Waals surface area contributed by atoms with Crippen LogP contribution in [-0.4, -0.2) is 39.3 Å². The molecule has 8 heteroatoms. The Balaban J connectivity index is 1.53. The molecular formula is C21H23N5O3. The fourth-order valence-electron chi connectivity index (χ4n) is 3.49. The normalized spacial score (nSPS) is 16.0. The molecule has 2 amide bonds. The first kappa shape index (κ1) is 20.3. The van der Waals surface area contributed by atoms with Crippen LogP contribution < -0.4 is 10.9 Å². The van der Waals surface area contributed by atoms with Crippen molar-refractivity contribution in [2.45, 2.75) is 45.7 Å². The second-order valence-corrected chi connectivity index (χ2v) is 7.19. The minimum Gasteiger partial charge on any atom is -0.344 e. The van der Waals surface area contributed by atoms with E-state index in [-0.39, 0.29) is 30.2 Å². The number of benzene rings is 1. The molecule has 1 fully saturated rings. The highest BCUT2D eigenvalue weighted by molar-refractivity contribution is 5.89. The lowest BCUT2D eigenvalue weighted by Crippen LogP contribution is -2.41. The molecule has 1 aliphatic heterocycles. The molecule has 1 aromatic carbocycles. The molecule has 0 spiro atoms. The van der Waals surface area contributed by atoms with Gasteiger partial charge in [0.1, 0.15) is 11.9 Å². The Morgan fingerprint density at radius 1 is 1.31 bits per heavy atom. The van der Waals surface area contributed by atoms with Crippen LogP contribution in [0.3, 0.4) is 0 Å². The monoisotopic (exact) mass is 393 g/mol. The topological polar surface area (TPSA) is 119 Å². The van der Waals surface area contributed by atoms with E-state index in [0.717, 1.165) is 5.56 Å². The van der Waals surface area contributed by atoms with Crippen molar-refractivity contribution >= 4 is 11.8 Å². The van der Waals surface area contributed by atoms with Crippen LogP contribution in [0.25, 0.3) is 0 Å². The number of aromatic nitrogens is 2. The first-order chi connectivity index (χ1) is 13.9. The van der Waals surface area contributed by atoms with E-state index in [2.05, 4.69) is 21.4 Å². The molecule has 0 saturated carbocycles. The van der Waals surface area contributed by atoms with Crippen molar-refractivity contribution in [3.8, 4) is 6.07 Å². The number of hydrogen-bond acceptors (Lipinski definition) is 5. The Hall–Kier alpha value is -3.47. The van der Waals surface area contributed by atoms with Gasteiger partial charge in [0.25, 0.3) is 5.56 Å². The van der Waals surface area contributed by atoms with Crippen LogP contribution in [0, 0.1) is 25.2 Å².